The van der Waals surface area contributed by atoms with E-state index in [2.05, 4.69) is 10.5 Å². The molecule has 0 unspecified atom stereocenters. The molecule has 0 saturated carbocycles. The van der Waals surface area contributed by atoms with Crippen LogP contribution in [0.4, 0.5) is 5.69 Å². The number of aromatic nitrogens is 2. The number of hydrogen-bond donors (Lipinski definition) is 1. The van der Waals surface area contributed by atoms with Gasteiger partial charge in [-0.05, 0) is 38.5 Å². The van der Waals surface area contributed by atoms with Crippen LogP contribution in [0.15, 0.2) is 22.0 Å². The molecule has 0 radical (unpaired) electrons. The topological polar surface area (TPSA) is 51.3 Å². The Kier molecular flexibility index (Phi) is 2.98. The van der Waals surface area contributed by atoms with Crippen LogP contribution in [0.5, 0.6) is 0 Å². The van der Waals surface area contributed by atoms with E-state index in [0.717, 1.165) is 28.0 Å². The summed E-state index contributed by atoms with van der Waals surface area (Å²) in [5.41, 5.74) is 7.78. The average Bonchev–Trinajstić information content (AvgIpc) is 2.52. The first-order valence-corrected chi connectivity index (χ1v) is 5.84. The molecule has 0 aliphatic carbocycles. The van der Waals surface area contributed by atoms with Crippen LogP contribution in [0.3, 0.4) is 0 Å². The minimum absolute atomic E-state index is 0.0169. The van der Waals surface area contributed by atoms with Crippen molar-refractivity contribution < 1.29 is 0 Å². The number of imidazole rings is 1. The van der Waals surface area contributed by atoms with Crippen molar-refractivity contribution in [3.63, 3.8) is 0 Å². The van der Waals surface area contributed by atoms with Crippen molar-refractivity contribution in [2.75, 3.05) is 5.43 Å². The van der Waals surface area contributed by atoms with Crippen molar-refractivity contribution in [1.82, 2.24) is 9.13 Å². The van der Waals surface area contributed by atoms with Crippen LogP contribution < -0.4 is 11.1 Å². The van der Waals surface area contributed by atoms with Gasteiger partial charge in [0.2, 0.25) is 0 Å². The fourth-order valence-electron chi connectivity index (χ4n) is 1.94. The molecule has 2 rings (SSSR count). The molecule has 0 amide bonds. The number of rotatable bonds is 2. The van der Waals surface area contributed by atoms with Gasteiger partial charge in [-0.1, -0.05) is 0 Å². The molecule has 0 fully saturated rings. The van der Waals surface area contributed by atoms with E-state index in [9.17, 15) is 4.79 Å². The summed E-state index contributed by atoms with van der Waals surface area (Å²) in [7, 11) is 3.56. The van der Waals surface area contributed by atoms with Crippen molar-refractivity contribution in [3.8, 4) is 0 Å². The lowest BCUT2D eigenvalue weighted by Gasteiger charge is -2.06. The summed E-state index contributed by atoms with van der Waals surface area (Å²) >= 11 is 0. The second-order valence-corrected chi connectivity index (χ2v) is 4.73. The zero-order chi connectivity index (χ0) is 13.4. The molecule has 1 N–H and O–H groups in total. The maximum Gasteiger partial charge on any atom is 0.328 e. The Morgan fingerprint density at radius 1 is 1.17 bits per heavy atom. The van der Waals surface area contributed by atoms with Crippen molar-refractivity contribution in [3.05, 3.63) is 28.2 Å². The van der Waals surface area contributed by atoms with Gasteiger partial charge in [-0.3, -0.25) is 14.6 Å². The molecular weight excluding hydrogens is 228 g/mol. The summed E-state index contributed by atoms with van der Waals surface area (Å²) < 4.78 is 3.29. The fourth-order valence-corrected chi connectivity index (χ4v) is 1.94. The lowest BCUT2D eigenvalue weighted by molar-refractivity contribution is 0.795. The lowest BCUT2D eigenvalue weighted by Crippen LogP contribution is -2.19. The van der Waals surface area contributed by atoms with E-state index in [1.807, 2.05) is 32.9 Å². The van der Waals surface area contributed by atoms with Gasteiger partial charge in [0.05, 0.1) is 16.7 Å². The molecule has 0 spiro atoms. The Labute approximate surface area is 106 Å². The van der Waals surface area contributed by atoms with Crippen LogP contribution in [0.1, 0.15) is 19.4 Å². The van der Waals surface area contributed by atoms with Gasteiger partial charge >= 0.3 is 5.69 Å². The van der Waals surface area contributed by atoms with Gasteiger partial charge in [0.1, 0.15) is 0 Å². The molecule has 1 aromatic heterocycles. The SMILES string of the molecule is CC(C)=NNc1cc2c(cc1C)n(C)c(=O)n2C. The number of benzene rings is 1. The highest BCUT2D eigenvalue weighted by Gasteiger charge is 2.10. The minimum Gasteiger partial charge on any atom is -0.295 e. The van der Waals surface area contributed by atoms with Gasteiger partial charge < -0.3 is 0 Å². The second kappa shape index (κ2) is 4.33. The number of aryl methyl sites for hydroxylation is 3. The maximum atomic E-state index is 11.9. The molecular formula is C13H18N4O. The first kappa shape index (κ1) is 12.4. The normalized spacial score (nSPS) is 10.7. The number of anilines is 1. The first-order valence-electron chi connectivity index (χ1n) is 5.84. The highest BCUT2D eigenvalue weighted by molar-refractivity contribution is 5.83. The number of hydrogen-bond acceptors (Lipinski definition) is 3. The summed E-state index contributed by atoms with van der Waals surface area (Å²) in [6, 6.07) is 3.96. The van der Waals surface area contributed by atoms with E-state index in [1.165, 1.54) is 0 Å². The average molecular weight is 246 g/mol. The zero-order valence-corrected chi connectivity index (χ0v) is 11.4. The van der Waals surface area contributed by atoms with E-state index in [0.29, 0.717) is 0 Å². The Morgan fingerprint density at radius 2 is 1.72 bits per heavy atom. The fraction of sp³-hybridized carbons (Fsp3) is 0.385. The number of nitrogens with zero attached hydrogens (tertiary/aromatic N) is 3. The quantitative estimate of drug-likeness (QED) is 0.651. The van der Waals surface area contributed by atoms with Crippen molar-refractivity contribution >= 4 is 22.4 Å². The molecule has 1 aromatic carbocycles. The molecule has 0 aliphatic rings. The first-order chi connectivity index (χ1) is 8.41. The van der Waals surface area contributed by atoms with Crippen LogP contribution in [-0.2, 0) is 14.1 Å². The molecule has 1 heterocycles. The smallest absolute Gasteiger partial charge is 0.295 e. The van der Waals surface area contributed by atoms with Crippen molar-refractivity contribution in [2.45, 2.75) is 20.8 Å². The lowest BCUT2D eigenvalue weighted by atomic mass is 10.2. The van der Waals surface area contributed by atoms with Gasteiger partial charge in [0.25, 0.3) is 0 Å². The summed E-state index contributed by atoms with van der Waals surface area (Å²) in [5.74, 6) is 0. The number of fused-ring (bicyclic) bond motifs is 1. The molecule has 0 aliphatic heterocycles. The molecule has 0 saturated heterocycles. The van der Waals surface area contributed by atoms with Gasteiger partial charge in [0.15, 0.2) is 0 Å². The minimum atomic E-state index is -0.0169. The second-order valence-electron chi connectivity index (χ2n) is 4.73. The van der Waals surface area contributed by atoms with Crippen LogP contribution in [0, 0.1) is 6.92 Å². The number of hydrazone groups is 1. The van der Waals surface area contributed by atoms with E-state index in [1.54, 1.807) is 23.2 Å². The van der Waals surface area contributed by atoms with Gasteiger partial charge in [-0.25, -0.2) is 4.79 Å². The molecule has 18 heavy (non-hydrogen) atoms. The third-order valence-corrected chi connectivity index (χ3v) is 3.02. The van der Waals surface area contributed by atoms with Crippen molar-refractivity contribution in [2.24, 2.45) is 19.2 Å². The maximum absolute atomic E-state index is 11.9. The largest absolute Gasteiger partial charge is 0.328 e. The molecule has 0 atom stereocenters. The van der Waals surface area contributed by atoms with Crippen LogP contribution >= 0.6 is 0 Å². The Bertz CT molecular complexity index is 687. The predicted molar refractivity (Wildman–Crippen MR) is 75.3 cm³/mol. The van der Waals surface area contributed by atoms with Gasteiger partial charge in [-0.15, -0.1) is 0 Å². The van der Waals surface area contributed by atoms with Crippen LogP contribution in [0.2, 0.25) is 0 Å². The molecule has 0 bridgehead atoms. The Hall–Kier alpha value is -2.04. The third kappa shape index (κ3) is 1.92. The molecule has 5 heteroatoms. The van der Waals surface area contributed by atoms with Crippen LogP contribution in [0.25, 0.3) is 11.0 Å². The zero-order valence-electron chi connectivity index (χ0n) is 11.4. The summed E-state index contributed by atoms with van der Waals surface area (Å²) in [5, 5.41) is 4.19. The molecule has 5 nitrogen and oxygen atoms in total. The third-order valence-electron chi connectivity index (χ3n) is 3.02. The monoisotopic (exact) mass is 246 g/mol. The highest BCUT2D eigenvalue weighted by Crippen LogP contribution is 2.22. The Balaban J connectivity index is 2.65. The van der Waals surface area contributed by atoms with Gasteiger partial charge in [-0.2, -0.15) is 5.10 Å². The Morgan fingerprint density at radius 3 is 2.28 bits per heavy atom. The standard InChI is InChI=1S/C13H18N4O/c1-8(2)14-15-10-7-12-11(6-9(10)3)16(4)13(18)17(12)5/h6-7,15H,1-5H3. The molecule has 96 valence electrons. The summed E-state index contributed by atoms with van der Waals surface area (Å²) in [6.07, 6.45) is 0. The highest BCUT2D eigenvalue weighted by atomic mass is 16.1. The van der Waals surface area contributed by atoms with E-state index >= 15 is 0 Å². The molecule has 2 aromatic rings. The van der Waals surface area contributed by atoms with E-state index in [-0.39, 0.29) is 5.69 Å². The van der Waals surface area contributed by atoms with E-state index < -0.39 is 0 Å². The summed E-state index contributed by atoms with van der Waals surface area (Å²) in [6.45, 7) is 5.86. The van der Waals surface area contributed by atoms with Crippen molar-refractivity contribution in [1.29, 1.82) is 0 Å². The van der Waals surface area contributed by atoms with Gasteiger partial charge in [0, 0.05) is 19.8 Å². The van der Waals surface area contributed by atoms with E-state index in [4.69, 9.17) is 0 Å². The van der Waals surface area contributed by atoms with Crippen LogP contribution in [-0.4, -0.2) is 14.8 Å². The number of nitrogens with one attached hydrogen (secondary N) is 1. The predicted octanol–water partition coefficient (Wildman–Crippen LogP) is 1.99. The summed E-state index contributed by atoms with van der Waals surface area (Å²) in [4.78, 5) is 11.9.